The Hall–Kier alpha value is -2.70. The number of carbonyl (C=O) groups excluding carboxylic acids is 1. The van der Waals surface area contributed by atoms with Crippen molar-refractivity contribution >= 4 is 11.9 Å². The molecule has 0 aliphatic rings. The molecule has 0 N–H and O–H groups in total. The Balaban J connectivity index is 2.25. The van der Waals surface area contributed by atoms with E-state index in [1.54, 1.807) is 12.1 Å². The standard InChI is InChI=1S/C14H8F3N3O/c15-14(16,17)11-6-2-1-5-10(11)13-18-12-7-3-4-9(8-21)20(12)19-13/h1-8H. The van der Waals surface area contributed by atoms with Gasteiger partial charge in [-0.05, 0) is 18.2 Å². The summed E-state index contributed by atoms with van der Waals surface area (Å²) >= 11 is 0. The number of fused-ring (bicyclic) bond motifs is 1. The number of pyridine rings is 1. The van der Waals surface area contributed by atoms with Gasteiger partial charge in [-0.1, -0.05) is 24.3 Å². The number of hydrogen-bond acceptors (Lipinski definition) is 3. The van der Waals surface area contributed by atoms with Gasteiger partial charge in [-0.2, -0.15) is 13.2 Å². The third-order valence-electron chi connectivity index (χ3n) is 2.98. The third-order valence-corrected chi connectivity index (χ3v) is 2.98. The van der Waals surface area contributed by atoms with Gasteiger partial charge in [0.05, 0.1) is 5.56 Å². The Morgan fingerprint density at radius 3 is 2.52 bits per heavy atom. The largest absolute Gasteiger partial charge is 0.417 e. The van der Waals surface area contributed by atoms with Crippen LogP contribution < -0.4 is 0 Å². The first kappa shape index (κ1) is 13.3. The number of hydrogen-bond donors (Lipinski definition) is 0. The number of halogens is 3. The van der Waals surface area contributed by atoms with Gasteiger partial charge in [-0.3, -0.25) is 4.79 Å². The Morgan fingerprint density at radius 2 is 1.81 bits per heavy atom. The zero-order valence-corrected chi connectivity index (χ0v) is 10.5. The van der Waals surface area contributed by atoms with Crippen LogP contribution in [0, 0.1) is 0 Å². The van der Waals surface area contributed by atoms with Crippen molar-refractivity contribution in [1.82, 2.24) is 14.6 Å². The van der Waals surface area contributed by atoms with E-state index >= 15 is 0 Å². The monoisotopic (exact) mass is 291 g/mol. The predicted molar refractivity (Wildman–Crippen MR) is 68.8 cm³/mol. The molecule has 2 aromatic heterocycles. The molecule has 0 radical (unpaired) electrons. The Labute approximate surface area is 116 Å². The minimum Gasteiger partial charge on any atom is -0.296 e. The zero-order valence-electron chi connectivity index (χ0n) is 10.5. The Bertz CT molecular complexity index is 824. The summed E-state index contributed by atoms with van der Waals surface area (Å²) in [6.07, 6.45) is -3.93. The molecule has 4 nitrogen and oxygen atoms in total. The minimum absolute atomic E-state index is 0.0720. The van der Waals surface area contributed by atoms with Crippen molar-refractivity contribution in [3.63, 3.8) is 0 Å². The van der Waals surface area contributed by atoms with Crippen LogP contribution in [-0.2, 0) is 6.18 Å². The maximum atomic E-state index is 13.0. The van der Waals surface area contributed by atoms with E-state index in [4.69, 9.17) is 0 Å². The number of nitrogens with zero attached hydrogens (tertiary/aromatic N) is 3. The van der Waals surface area contributed by atoms with Gasteiger partial charge >= 0.3 is 6.18 Å². The van der Waals surface area contributed by atoms with Crippen LogP contribution in [0.3, 0.4) is 0 Å². The van der Waals surface area contributed by atoms with E-state index in [0.29, 0.717) is 11.9 Å². The molecule has 3 rings (SSSR count). The van der Waals surface area contributed by atoms with Crippen molar-refractivity contribution in [2.75, 3.05) is 0 Å². The lowest BCUT2D eigenvalue weighted by atomic mass is 10.1. The molecular formula is C14H8F3N3O. The molecule has 0 amide bonds. The normalized spacial score (nSPS) is 11.8. The van der Waals surface area contributed by atoms with Crippen LogP contribution in [0.5, 0.6) is 0 Å². The van der Waals surface area contributed by atoms with Gasteiger partial charge in [0.2, 0.25) is 0 Å². The third kappa shape index (κ3) is 2.26. The van der Waals surface area contributed by atoms with Gasteiger partial charge in [0.15, 0.2) is 17.8 Å². The van der Waals surface area contributed by atoms with Crippen molar-refractivity contribution in [1.29, 1.82) is 0 Å². The lowest BCUT2D eigenvalue weighted by molar-refractivity contribution is -0.137. The fourth-order valence-corrected chi connectivity index (χ4v) is 2.05. The lowest BCUT2D eigenvalue weighted by Crippen LogP contribution is -2.07. The van der Waals surface area contributed by atoms with E-state index in [1.165, 1.54) is 28.8 Å². The van der Waals surface area contributed by atoms with Crippen LogP contribution in [0.1, 0.15) is 16.1 Å². The van der Waals surface area contributed by atoms with Crippen molar-refractivity contribution in [3.05, 3.63) is 53.7 Å². The average Bonchev–Trinajstić information content (AvgIpc) is 2.90. The van der Waals surface area contributed by atoms with Gasteiger partial charge < -0.3 is 0 Å². The molecule has 0 bridgehead atoms. The summed E-state index contributed by atoms with van der Waals surface area (Å²) in [5.74, 6) is -0.0720. The molecule has 0 aliphatic heterocycles. The molecular weight excluding hydrogens is 283 g/mol. The summed E-state index contributed by atoms with van der Waals surface area (Å²) in [5.41, 5.74) is -0.401. The fraction of sp³-hybridized carbons (Fsp3) is 0.0714. The number of carbonyl (C=O) groups is 1. The molecule has 2 heterocycles. The average molecular weight is 291 g/mol. The van der Waals surface area contributed by atoms with Gasteiger partial charge in [0.25, 0.3) is 0 Å². The molecule has 1 aromatic carbocycles. The SMILES string of the molecule is O=Cc1cccc2nc(-c3ccccc3C(F)(F)F)nn12. The number of aromatic nitrogens is 3. The second kappa shape index (κ2) is 4.69. The van der Waals surface area contributed by atoms with E-state index < -0.39 is 11.7 Å². The number of rotatable bonds is 2. The summed E-state index contributed by atoms with van der Waals surface area (Å²) < 4.78 is 40.3. The highest BCUT2D eigenvalue weighted by molar-refractivity contribution is 5.74. The lowest BCUT2D eigenvalue weighted by Gasteiger charge is -2.09. The van der Waals surface area contributed by atoms with Gasteiger partial charge in [-0.15, -0.1) is 5.10 Å². The molecule has 21 heavy (non-hydrogen) atoms. The van der Waals surface area contributed by atoms with Crippen LogP contribution in [0.15, 0.2) is 42.5 Å². The highest BCUT2D eigenvalue weighted by Gasteiger charge is 2.34. The Kier molecular flexibility index (Phi) is 2.97. The quantitative estimate of drug-likeness (QED) is 0.681. The molecule has 0 atom stereocenters. The number of benzene rings is 1. The first-order valence-corrected chi connectivity index (χ1v) is 5.98. The van der Waals surface area contributed by atoms with Crippen molar-refractivity contribution in [3.8, 4) is 11.4 Å². The van der Waals surface area contributed by atoms with Gasteiger partial charge in [-0.25, -0.2) is 9.50 Å². The van der Waals surface area contributed by atoms with Crippen LogP contribution in [-0.4, -0.2) is 20.9 Å². The predicted octanol–water partition coefficient (Wildman–Crippen LogP) is 3.23. The molecule has 0 unspecified atom stereocenters. The number of alkyl halides is 3. The van der Waals surface area contributed by atoms with Crippen LogP contribution in [0.25, 0.3) is 17.0 Å². The number of aldehydes is 1. The molecule has 0 saturated heterocycles. The van der Waals surface area contributed by atoms with Crippen LogP contribution in [0.4, 0.5) is 13.2 Å². The highest BCUT2D eigenvalue weighted by atomic mass is 19.4. The van der Waals surface area contributed by atoms with Crippen LogP contribution in [0.2, 0.25) is 0 Å². The van der Waals surface area contributed by atoms with E-state index in [9.17, 15) is 18.0 Å². The van der Waals surface area contributed by atoms with Crippen molar-refractivity contribution in [2.24, 2.45) is 0 Å². The summed E-state index contributed by atoms with van der Waals surface area (Å²) in [6, 6.07) is 9.73. The first-order chi connectivity index (χ1) is 10.0. The second-order valence-electron chi connectivity index (χ2n) is 4.32. The molecule has 0 fully saturated rings. The fourth-order valence-electron chi connectivity index (χ4n) is 2.05. The zero-order chi connectivity index (χ0) is 15.0. The van der Waals surface area contributed by atoms with E-state index in [-0.39, 0.29) is 17.1 Å². The first-order valence-electron chi connectivity index (χ1n) is 5.98. The van der Waals surface area contributed by atoms with E-state index in [2.05, 4.69) is 10.1 Å². The maximum Gasteiger partial charge on any atom is 0.417 e. The topological polar surface area (TPSA) is 47.3 Å². The van der Waals surface area contributed by atoms with Gasteiger partial charge in [0, 0.05) is 5.56 Å². The molecule has 0 aliphatic carbocycles. The molecule has 7 heteroatoms. The second-order valence-corrected chi connectivity index (χ2v) is 4.32. The van der Waals surface area contributed by atoms with Crippen molar-refractivity contribution in [2.45, 2.75) is 6.18 Å². The van der Waals surface area contributed by atoms with E-state index in [0.717, 1.165) is 6.07 Å². The molecule has 106 valence electrons. The molecule has 3 aromatic rings. The van der Waals surface area contributed by atoms with Crippen LogP contribution >= 0.6 is 0 Å². The summed E-state index contributed by atoms with van der Waals surface area (Å²) in [7, 11) is 0. The molecule has 0 spiro atoms. The maximum absolute atomic E-state index is 13.0. The summed E-state index contributed by atoms with van der Waals surface area (Å²) in [4.78, 5) is 15.0. The summed E-state index contributed by atoms with van der Waals surface area (Å²) in [5, 5.41) is 4.00. The summed E-state index contributed by atoms with van der Waals surface area (Å²) in [6.45, 7) is 0. The minimum atomic E-state index is -4.50. The van der Waals surface area contributed by atoms with Gasteiger partial charge in [0.1, 0.15) is 5.69 Å². The highest BCUT2D eigenvalue weighted by Crippen LogP contribution is 2.35. The van der Waals surface area contributed by atoms with Crippen molar-refractivity contribution < 1.29 is 18.0 Å². The Morgan fingerprint density at radius 1 is 1.05 bits per heavy atom. The van der Waals surface area contributed by atoms with E-state index in [1.807, 2.05) is 0 Å². The molecule has 0 saturated carbocycles. The smallest absolute Gasteiger partial charge is 0.296 e.